The maximum Gasteiger partial charge on any atom is 0.234 e. The molecule has 0 unspecified atom stereocenters. The van der Waals surface area contributed by atoms with Crippen molar-refractivity contribution in [1.82, 2.24) is 4.98 Å². The van der Waals surface area contributed by atoms with Crippen molar-refractivity contribution in [1.29, 1.82) is 0 Å². The Balaban J connectivity index is 1.29. The van der Waals surface area contributed by atoms with Gasteiger partial charge in [-0.05, 0) is 48.5 Å². The Morgan fingerprint density at radius 1 is 0.871 bits per heavy atom. The van der Waals surface area contributed by atoms with Crippen LogP contribution < -0.4 is 10.6 Å². The van der Waals surface area contributed by atoms with E-state index in [0.29, 0.717) is 11.4 Å². The van der Waals surface area contributed by atoms with E-state index in [-0.39, 0.29) is 29.1 Å². The number of hydrogen-bond acceptors (Lipinski definition) is 5. The molecular formula is C23H18FN3O2S2. The van der Waals surface area contributed by atoms with Crippen LogP contribution in [0.4, 0.5) is 15.8 Å². The lowest BCUT2D eigenvalue weighted by atomic mass is 10.2. The number of carbonyl (C=O) groups excluding carboxylic acids is 2. The zero-order chi connectivity index (χ0) is 21.6. The number of anilines is 2. The Morgan fingerprint density at radius 2 is 1.58 bits per heavy atom. The summed E-state index contributed by atoms with van der Waals surface area (Å²) in [6.45, 7) is 0. The van der Waals surface area contributed by atoms with Gasteiger partial charge in [0.05, 0.1) is 21.7 Å². The molecule has 2 N–H and O–H groups in total. The first-order valence-corrected chi connectivity index (χ1v) is 11.4. The molecule has 8 heteroatoms. The van der Waals surface area contributed by atoms with Crippen LogP contribution in [0.3, 0.4) is 0 Å². The first-order chi connectivity index (χ1) is 15.1. The second kappa shape index (κ2) is 9.72. The van der Waals surface area contributed by atoms with Crippen molar-refractivity contribution < 1.29 is 14.0 Å². The van der Waals surface area contributed by atoms with E-state index >= 15 is 0 Å². The summed E-state index contributed by atoms with van der Waals surface area (Å²) in [5, 5.41) is 6.42. The van der Waals surface area contributed by atoms with Gasteiger partial charge in [-0.25, -0.2) is 9.37 Å². The fourth-order valence-electron chi connectivity index (χ4n) is 2.89. The molecule has 0 bridgehead atoms. The van der Waals surface area contributed by atoms with Gasteiger partial charge in [0.1, 0.15) is 10.8 Å². The summed E-state index contributed by atoms with van der Waals surface area (Å²) < 4.78 is 14.0. The van der Waals surface area contributed by atoms with Crippen LogP contribution in [0.25, 0.3) is 20.8 Å². The number of aromatic nitrogens is 1. The first kappa shape index (κ1) is 21.0. The van der Waals surface area contributed by atoms with Gasteiger partial charge in [-0.15, -0.1) is 23.1 Å². The summed E-state index contributed by atoms with van der Waals surface area (Å²) in [5.74, 6) is -0.543. The average Bonchev–Trinajstić information content (AvgIpc) is 3.20. The van der Waals surface area contributed by atoms with E-state index < -0.39 is 0 Å². The van der Waals surface area contributed by atoms with E-state index in [1.807, 2.05) is 48.5 Å². The normalized spacial score (nSPS) is 10.7. The van der Waals surface area contributed by atoms with E-state index in [1.165, 1.54) is 36.0 Å². The van der Waals surface area contributed by atoms with E-state index in [0.717, 1.165) is 20.8 Å². The number of nitrogens with one attached hydrogen (secondary N) is 2. The number of thiazole rings is 1. The highest BCUT2D eigenvalue weighted by molar-refractivity contribution is 8.00. The molecule has 0 saturated heterocycles. The van der Waals surface area contributed by atoms with E-state index in [2.05, 4.69) is 15.6 Å². The predicted molar refractivity (Wildman–Crippen MR) is 126 cm³/mol. The monoisotopic (exact) mass is 451 g/mol. The van der Waals surface area contributed by atoms with Gasteiger partial charge >= 0.3 is 0 Å². The van der Waals surface area contributed by atoms with Gasteiger partial charge in [-0.1, -0.05) is 24.3 Å². The van der Waals surface area contributed by atoms with Crippen molar-refractivity contribution in [3.8, 4) is 10.6 Å². The zero-order valence-corrected chi connectivity index (χ0v) is 17.9. The second-order valence-corrected chi connectivity index (χ2v) is 8.68. The third-order valence-electron chi connectivity index (χ3n) is 4.28. The minimum atomic E-state index is -0.365. The molecule has 31 heavy (non-hydrogen) atoms. The number of thioether (sulfide) groups is 1. The van der Waals surface area contributed by atoms with Crippen molar-refractivity contribution in [2.24, 2.45) is 0 Å². The second-order valence-electron chi connectivity index (χ2n) is 6.66. The lowest BCUT2D eigenvalue weighted by molar-refractivity contribution is -0.114. The summed E-state index contributed by atoms with van der Waals surface area (Å²) in [7, 11) is 0. The molecular weight excluding hydrogens is 433 g/mol. The molecule has 0 aliphatic heterocycles. The van der Waals surface area contributed by atoms with Crippen LogP contribution in [0.2, 0.25) is 0 Å². The maximum absolute atomic E-state index is 12.9. The van der Waals surface area contributed by atoms with Gasteiger partial charge in [0.25, 0.3) is 0 Å². The molecule has 0 aliphatic carbocycles. The minimum Gasteiger partial charge on any atom is -0.325 e. The summed E-state index contributed by atoms with van der Waals surface area (Å²) >= 11 is 2.81. The SMILES string of the molecule is O=C(CSCC(=O)Nc1cccc(-c2nc3ccccc3s2)c1)Nc1ccc(F)cc1. The van der Waals surface area contributed by atoms with Crippen molar-refractivity contribution in [3.63, 3.8) is 0 Å². The summed E-state index contributed by atoms with van der Waals surface area (Å²) in [5.41, 5.74) is 3.08. The van der Waals surface area contributed by atoms with Crippen LogP contribution in [0.1, 0.15) is 0 Å². The molecule has 0 saturated carbocycles. The number of hydrogen-bond donors (Lipinski definition) is 2. The van der Waals surface area contributed by atoms with Gasteiger partial charge in [-0.3, -0.25) is 9.59 Å². The Kier molecular flexibility index (Phi) is 6.59. The Hall–Kier alpha value is -3.23. The molecule has 2 amide bonds. The topological polar surface area (TPSA) is 71.1 Å². The molecule has 0 aliphatic rings. The van der Waals surface area contributed by atoms with Crippen LogP contribution in [-0.2, 0) is 9.59 Å². The number of nitrogens with zero attached hydrogens (tertiary/aromatic N) is 1. The van der Waals surface area contributed by atoms with E-state index in [1.54, 1.807) is 11.3 Å². The third-order valence-corrected chi connectivity index (χ3v) is 6.30. The standard InChI is InChI=1S/C23H18FN3O2S2/c24-16-8-10-17(11-9-16)25-21(28)13-30-14-22(29)26-18-5-3-4-15(12-18)23-27-19-6-1-2-7-20(19)31-23/h1-12H,13-14H2,(H,25,28)(H,26,29). The van der Waals surface area contributed by atoms with Crippen molar-refractivity contribution in [2.45, 2.75) is 0 Å². The van der Waals surface area contributed by atoms with Crippen LogP contribution >= 0.6 is 23.1 Å². The molecule has 0 fully saturated rings. The maximum atomic E-state index is 12.9. The van der Waals surface area contributed by atoms with Crippen LogP contribution in [0.5, 0.6) is 0 Å². The molecule has 0 spiro atoms. The first-order valence-electron chi connectivity index (χ1n) is 9.46. The lowest BCUT2D eigenvalue weighted by Crippen LogP contribution is -2.18. The molecule has 0 radical (unpaired) electrons. The smallest absolute Gasteiger partial charge is 0.234 e. The highest BCUT2D eigenvalue weighted by atomic mass is 32.2. The summed E-state index contributed by atoms with van der Waals surface area (Å²) in [6.07, 6.45) is 0. The van der Waals surface area contributed by atoms with Gasteiger partial charge in [0.2, 0.25) is 11.8 Å². The summed E-state index contributed by atoms with van der Waals surface area (Å²) in [6, 6.07) is 21.0. The Labute approximate surface area is 186 Å². The number of carbonyl (C=O) groups is 2. The van der Waals surface area contributed by atoms with Crippen LogP contribution in [-0.4, -0.2) is 28.3 Å². The highest BCUT2D eigenvalue weighted by Gasteiger charge is 2.09. The molecule has 3 aromatic carbocycles. The Bertz CT molecular complexity index is 1190. The van der Waals surface area contributed by atoms with E-state index in [9.17, 15) is 14.0 Å². The van der Waals surface area contributed by atoms with Gasteiger partial charge in [0.15, 0.2) is 0 Å². The lowest BCUT2D eigenvalue weighted by Gasteiger charge is -2.07. The van der Waals surface area contributed by atoms with Crippen molar-refractivity contribution in [2.75, 3.05) is 22.1 Å². The molecule has 0 atom stereocenters. The van der Waals surface area contributed by atoms with Gasteiger partial charge in [0, 0.05) is 16.9 Å². The molecule has 4 rings (SSSR count). The minimum absolute atomic E-state index is 0.122. The molecule has 1 aromatic heterocycles. The summed E-state index contributed by atoms with van der Waals surface area (Å²) in [4.78, 5) is 28.9. The fourth-order valence-corrected chi connectivity index (χ4v) is 4.47. The third kappa shape index (κ3) is 5.68. The van der Waals surface area contributed by atoms with Gasteiger partial charge in [-0.2, -0.15) is 0 Å². The average molecular weight is 452 g/mol. The van der Waals surface area contributed by atoms with Crippen molar-refractivity contribution in [3.05, 3.63) is 78.6 Å². The molecule has 4 aromatic rings. The molecule has 1 heterocycles. The highest BCUT2D eigenvalue weighted by Crippen LogP contribution is 2.31. The number of rotatable bonds is 7. The number of amides is 2. The number of benzene rings is 3. The number of fused-ring (bicyclic) bond motifs is 1. The Morgan fingerprint density at radius 3 is 2.32 bits per heavy atom. The number of halogens is 1. The number of para-hydroxylation sites is 1. The molecule has 156 valence electrons. The van der Waals surface area contributed by atoms with Crippen molar-refractivity contribution >= 4 is 56.5 Å². The molecule has 5 nitrogen and oxygen atoms in total. The largest absolute Gasteiger partial charge is 0.325 e. The van der Waals surface area contributed by atoms with Crippen LogP contribution in [0, 0.1) is 5.82 Å². The quantitative estimate of drug-likeness (QED) is 0.394. The van der Waals surface area contributed by atoms with Gasteiger partial charge < -0.3 is 10.6 Å². The fraction of sp³-hybridized carbons (Fsp3) is 0.0870. The van der Waals surface area contributed by atoms with E-state index in [4.69, 9.17) is 0 Å². The van der Waals surface area contributed by atoms with Crippen LogP contribution in [0.15, 0.2) is 72.8 Å². The zero-order valence-electron chi connectivity index (χ0n) is 16.3. The predicted octanol–water partition coefficient (Wildman–Crippen LogP) is 5.41.